The lowest BCUT2D eigenvalue weighted by Crippen LogP contribution is -2.37. The Kier molecular flexibility index (Phi) is 7.94. The van der Waals surface area contributed by atoms with Crippen LogP contribution < -0.4 is 10.6 Å². The van der Waals surface area contributed by atoms with Crippen LogP contribution in [0.5, 0.6) is 0 Å². The Balaban J connectivity index is 2.62. The van der Waals surface area contributed by atoms with Gasteiger partial charge in [-0.3, -0.25) is 0 Å². The summed E-state index contributed by atoms with van der Waals surface area (Å²) in [5.41, 5.74) is 1.62. The lowest BCUT2D eigenvalue weighted by atomic mass is 10.1. The molecule has 0 aliphatic heterocycles. The largest absolute Gasteiger partial charge is 0.462 e. The fourth-order valence-electron chi connectivity index (χ4n) is 1.72. The standard InChI is InChI=1S/C16H25N3O2/c1-4-11-18-16(17-5-2)19-12-13-7-9-14(10-8-13)15(20)21-6-3/h7-10H,4-6,11-12H2,1-3H3,(H2,17,18,19). The molecule has 0 heterocycles. The zero-order valence-electron chi connectivity index (χ0n) is 13.1. The van der Waals surface area contributed by atoms with Gasteiger partial charge in [0.05, 0.1) is 18.7 Å². The van der Waals surface area contributed by atoms with Gasteiger partial charge in [-0.05, 0) is 38.0 Å². The fraction of sp³-hybridized carbons (Fsp3) is 0.500. The normalized spacial score (nSPS) is 11.1. The predicted octanol–water partition coefficient (Wildman–Crippen LogP) is 2.33. The summed E-state index contributed by atoms with van der Waals surface area (Å²) in [6.07, 6.45) is 1.05. The average Bonchev–Trinajstić information content (AvgIpc) is 2.51. The van der Waals surface area contributed by atoms with Gasteiger partial charge in [0.25, 0.3) is 0 Å². The molecule has 0 aromatic heterocycles. The molecule has 0 radical (unpaired) electrons. The smallest absolute Gasteiger partial charge is 0.338 e. The van der Waals surface area contributed by atoms with Gasteiger partial charge in [0.1, 0.15) is 0 Å². The summed E-state index contributed by atoms with van der Waals surface area (Å²) in [6.45, 7) is 8.64. The van der Waals surface area contributed by atoms with Gasteiger partial charge in [-0.2, -0.15) is 0 Å². The minimum absolute atomic E-state index is 0.287. The number of rotatable bonds is 7. The maximum absolute atomic E-state index is 11.6. The van der Waals surface area contributed by atoms with Crippen LogP contribution in [-0.2, 0) is 11.3 Å². The molecule has 1 aromatic rings. The number of hydrogen-bond donors (Lipinski definition) is 2. The van der Waals surface area contributed by atoms with Crippen molar-refractivity contribution in [3.05, 3.63) is 35.4 Å². The second kappa shape index (κ2) is 9.80. The van der Waals surface area contributed by atoms with Crippen molar-refractivity contribution in [3.63, 3.8) is 0 Å². The molecule has 1 aromatic carbocycles. The molecule has 5 nitrogen and oxygen atoms in total. The van der Waals surface area contributed by atoms with Crippen molar-refractivity contribution in [2.45, 2.75) is 33.7 Å². The molecule has 2 N–H and O–H groups in total. The number of benzene rings is 1. The third-order valence-corrected chi connectivity index (χ3v) is 2.77. The van der Waals surface area contributed by atoms with Crippen molar-refractivity contribution < 1.29 is 9.53 Å². The van der Waals surface area contributed by atoms with E-state index in [2.05, 4.69) is 22.5 Å². The van der Waals surface area contributed by atoms with Gasteiger partial charge in [-0.1, -0.05) is 19.1 Å². The third-order valence-electron chi connectivity index (χ3n) is 2.77. The number of nitrogens with zero attached hydrogens (tertiary/aromatic N) is 1. The quantitative estimate of drug-likeness (QED) is 0.460. The zero-order valence-corrected chi connectivity index (χ0v) is 13.1. The Labute approximate surface area is 126 Å². The van der Waals surface area contributed by atoms with Gasteiger partial charge in [0.2, 0.25) is 0 Å². The first-order valence-electron chi connectivity index (χ1n) is 7.49. The van der Waals surface area contributed by atoms with Crippen LogP contribution in [0.1, 0.15) is 43.1 Å². The number of esters is 1. The Morgan fingerprint density at radius 1 is 1.14 bits per heavy atom. The van der Waals surface area contributed by atoms with Gasteiger partial charge in [-0.25, -0.2) is 9.79 Å². The molecule has 0 saturated heterocycles. The Hall–Kier alpha value is -2.04. The number of carbonyl (C=O) groups is 1. The van der Waals surface area contributed by atoms with E-state index in [0.717, 1.165) is 31.0 Å². The lowest BCUT2D eigenvalue weighted by molar-refractivity contribution is 0.0526. The van der Waals surface area contributed by atoms with Crippen LogP contribution in [0.15, 0.2) is 29.3 Å². The zero-order chi connectivity index (χ0) is 15.5. The van der Waals surface area contributed by atoms with Crippen molar-refractivity contribution >= 4 is 11.9 Å². The van der Waals surface area contributed by atoms with Gasteiger partial charge in [0, 0.05) is 13.1 Å². The van der Waals surface area contributed by atoms with Crippen molar-refractivity contribution in [1.29, 1.82) is 0 Å². The number of hydrogen-bond acceptors (Lipinski definition) is 3. The van der Waals surface area contributed by atoms with Crippen molar-refractivity contribution in [2.75, 3.05) is 19.7 Å². The topological polar surface area (TPSA) is 62.7 Å². The molecule has 0 aliphatic rings. The molecule has 0 unspecified atom stereocenters. The molecule has 0 spiro atoms. The van der Waals surface area contributed by atoms with Crippen LogP contribution in [0.2, 0.25) is 0 Å². The molecular weight excluding hydrogens is 266 g/mol. The van der Waals surface area contributed by atoms with Crippen LogP contribution >= 0.6 is 0 Å². The highest BCUT2D eigenvalue weighted by atomic mass is 16.5. The molecule has 0 atom stereocenters. The van der Waals surface area contributed by atoms with Gasteiger partial charge < -0.3 is 15.4 Å². The average molecular weight is 291 g/mol. The van der Waals surface area contributed by atoms with E-state index in [1.807, 2.05) is 19.1 Å². The van der Waals surface area contributed by atoms with E-state index in [-0.39, 0.29) is 5.97 Å². The van der Waals surface area contributed by atoms with Crippen LogP contribution in [0.25, 0.3) is 0 Å². The van der Waals surface area contributed by atoms with Crippen LogP contribution in [0.3, 0.4) is 0 Å². The number of carbonyl (C=O) groups excluding carboxylic acids is 1. The molecule has 116 valence electrons. The SMILES string of the molecule is CCCNC(=NCc1ccc(C(=O)OCC)cc1)NCC. The van der Waals surface area contributed by atoms with E-state index >= 15 is 0 Å². The Morgan fingerprint density at radius 2 is 1.86 bits per heavy atom. The van der Waals surface area contributed by atoms with Gasteiger partial charge >= 0.3 is 5.97 Å². The minimum atomic E-state index is -0.287. The maximum atomic E-state index is 11.6. The van der Waals surface area contributed by atoms with E-state index in [1.54, 1.807) is 19.1 Å². The summed E-state index contributed by atoms with van der Waals surface area (Å²) in [6, 6.07) is 7.35. The van der Waals surface area contributed by atoms with E-state index in [9.17, 15) is 4.79 Å². The van der Waals surface area contributed by atoms with E-state index in [4.69, 9.17) is 4.74 Å². The van der Waals surface area contributed by atoms with E-state index in [1.165, 1.54) is 0 Å². The molecule has 0 bridgehead atoms. The minimum Gasteiger partial charge on any atom is -0.462 e. The number of nitrogens with one attached hydrogen (secondary N) is 2. The molecule has 1 rings (SSSR count). The number of ether oxygens (including phenoxy) is 1. The molecule has 0 fully saturated rings. The van der Waals surface area contributed by atoms with Crippen LogP contribution in [0, 0.1) is 0 Å². The monoisotopic (exact) mass is 291 g/mol. The Bertz CT molecular complexity index is 455. The third kappa shape index (κ3) is 6.29. The number of aliphatic imine (C=N–C) groups is 1. The molecule has 5 heteroatoms. The van der Waals surface area contributed by atoms with E-state index < -0.39 is 0 Å². The summed E-state index contributed by atoms with van der Waals surface area (Å²) in [7, 11) is 0. The summed E-state index contributed by atoms with van der Waals surface area (Å²) in [5, 5.41) is 6.45. The van der Waals surface area contributed by atoms with Gasteiger partial charge in [0.15, 0.2) is 5.96 Å². The van der Waals surface area contributed by atoms with Crippen molar-refractivity contribution in [1.82, 2.24) is 10.6 Å². The highest BCUT2D eigenvalue weighted by molar-refractivity contribution is 5.89. The summed E-state index contributed by atoms with van der Waals surface area (Å²) in [5.74, 6) is 0.527. The predicted molar refractivity (Wildman–Crippen MR) is 85.5 cm³/mol. The highest BCUT2D eigenvalue weighted by Gasteiger charge is 2.05. The van der Waals surface area contributed by atoms with Crippen LogP contribution in [0.4, 0.5) is 0 Å². The second-order valence-corrected chi connectivity index (χ2v) is 4.54. The lowest BCUT2D eigenvalue weighted by Gasteiger charge is -2.10. The number of guanidine groups is 1. The first-order chi connectivity index (χ1) is 10.2. The van der Waals surface area contributed by atoms with Crippen molar-refractivity contribution in [2.24, 2.45) is 4.99 Å². The first-order valence-corrected chi connectivity index (χ1v) is 7.49. The molecule has 0 amide bonds. The molecule has 0 aliphatic carbocycles. The summed E-state index contributed by atoms with van der Waals surface area (Å²) < 4.78 is 4.96. The van der Waals surface area contributed by atoms with Crippen LogP contribution in [-0.4, -0.2) is 31.6 Å². The summed E-state index contributed by atoms with van der Waals surface area (Å²) >= 11 is 0. The fourth-order valence-corrected chi connectivity index (χ4v) is 1.72. The van der Waals surface area contributed by atoms with Crippen molar-refractivity contribution in [3.8, 4) is 0 Å². The van der Waals surface area contributed by atoms with Gasteiger partial charge in [-0.15, -0.1) is 0 Å². The molecular formula is C16H25N3O2. The van der Waals surface area contributed by atoms with E-state index in [0.29, 0.717) is 18.7 Å². The second-order valence-electron chi connectivity index (χ2n) is 4.54. The maximum Gasteiger partial charge on any atom is 0.338 e. The highest BCUT2D eigenvalue weighted by Crippen LogP contribution is 2.07. The first kappa shape index (κ1) is 17.0. The summed E-state index contributed by atoms with van der Waals surface area (Å²) in [4.78, 5) is 16.1. The Morgan fingerprint density at radius 3 is 2.43 bits per heavy atom. The molecule has 0 saturated carbocycles. The molecule has 21 heavy (non-hydrogen) atoms.